The van der Waals surface area contributed by atoms with Gasteiger partial charge in [-0.2, -0.15) is 0 Å². The number of nitrogens with zero attached hydrogens (tertiary/aromatic N) is 3. The van der Waals surface area contributed by atoms with Crippen LogP contribution >= 0.6 is 0 Å². The Bertz CT molecular complexity index is 960. The van der Waals surface area contributed by atoms with Crippen LogP contribution in [0, 0.1) is 13.8 Å². The van der Waals surface area contributed by atoms with Gasteiger partial charge in [0.25, 0.3) is 0 Å². The van der Waals surface area contributed by atoms with Crippen molar-refractivity contribution in [2.45, 2.75) is 51.0 Å². The molecule has 35 heavy (non-hydrogen) atoms. The number of hydrogen-bond donors (Lipinski definition) is 3. The zero-order chi connectivity index (χ0) is 26.3. The Balaban J connectivity index is 1.92. The average Bonchev–Trinajstić information content (AvgIpc) is 2.81. The molecule has 5 N–H and O–H groups in total. The van der Waals surface area contributed by atoms with Crippen LogP contribution in [0.4, 0.5) is 0 Å². The van der Waals surface area contributed by atoms with Gasteiger partial charge in [-0.15, -0.1) is 0 Å². The summed E-state index contributed by atoms with van der Waals surface area (Å²) in [4.78, 5) is 17.6. The molecule has 0 bridgehead atoms. The zero-order valence-corrected chi connectivity index (χ0v) is 23.0. The second kappa shape index (κ2) is 12.9. The molecule has 1 unspecified atom stereocenters. The first-order valence-electron chi connectivity index (χ1n) is 11.9. The average molecular weight is 507 g/mol. The van der Waals surface area contributed by atoms with Gasteiger partial charge in [0.1, 0.15) is 22.6 Å². The number of allylic oxidation sites excluding steroid dienone is 2. The zero-order valence-electron chi connectivity index (χ0n) is 22.2. The monoisotopic (exact) mass is 506 g/mol. The molecule has 1 atom stereocenters. The van der Waals surface area contributed by atoms with Crippen molar-refractivity contribution in [3.8, 4) is 5.75 Å². The van der Waals surface area contributed by atoms with Crippen LogP contribution in [0.15, 0.2) is 40.3 Å². The fourth-order valence-corrected chi connectivity index (χ4v) is 5.38. The van der Waals surface area contributed by atoms with E-state index >= 15 is 0 Å². The van der Waals surface area contributed by atoms with Gasteiger partial charge in [0.2, 0.25) is 5.91 Å². The minimum absolute atomic E-state index is 0.154. The van der Waals surface area contributed by atoms with E-state index in [-0.39, 0.29) is 18.1 Å². The van der Waals surface area contributed by atoms with Crippen molar-refractivity contribution in [3.63, 3.8) is 0 Å². The summed E-state index contributed by atoms with van der Waals surface area (Å²) in [6.07, 6.45) is 4.08. The third kappa shape index (κ3) is 7.98. The molecule has 196 valence electrons. The number of piperidine rings is 1. The number of amides is 1. The second-order valence-electron chi connectivity index (χ2n) is 9.34. The molecule has 0 saturated carbocycles. The lowest BCUT2D eigenvalue weighted by atomic mass is 10.0. The number of hydrogen-bond acceptors (Lipinski definition) is 7. The first kappa shape index (κ1) is 28.7. The van der Waals surface area contributed by atoms with Crippen molar-refractivity contribution in [3.05, 3.63) is 46.6 Å². The lowest BCUT2D eigenvalue weighted by molar-refractivity contribution is -0.120. The van der Waals surface area contributed by atoms with E-state index in [1.165, 1.54) is 0 Å². The summed E-state index contributed by atoms with van der Waals surface area (Å²) in [5.74, 6) is 1.41. The number of nitrogens with two attached hydrogens (primary N) is 2. The lowest BCUT2D eigenvalue weighted by Gasteiger charge is -2.36. The highest BCUT2D eigenvalue weighted by atomic mass is 32.2. The molecule has 1 aliphatic rings. The van der Waals surface area contributed by atoms with Gasteiger partial charge in [0.05, 0.1) is 17.8 Å². The molecule has 1 aromatic rings. The van der Waals surface area contributed by atoms with E-state index in [4.69, 9.17) is 16.2 Å². The van der Waals surface area contributed by atoms with Crippen molar-refractivity contribution in [1.29, 1.82) is 0 Å². The van der Waals surface area contributed by atoms with Crippen LogP contribution in [0.25, 0.3) is 0 Å². The van der Waals surface area contributed by atoms with Gasteiger partial charge in [-0.25, -0.2) is 8.51 Å². The van der Waals surface area contributed by atoms with Gasteiger partial charge in [0.15, 0.2) is 0 Å². The van der Waals surface area contributed by atoms with E-state index in [1.807, 2.05) is 39.0 Å². The minimum Gasteiger partial charge on any atom is -0.497 e. The van der Waals surface area contributed by atoms with Crippen LogP contribution in [0.5, 0.6) is 5.75 Å². The summed E-state index contributed by atoms with van der Waals surface area (Å²) < 4.78 is 20.0. The number of nitrogens with one attached hydrogen (secondary N) is 1. The van der Waals surface area contributed by atoms with E-state index in [2.05, 4.69) is 29.2 Å². The summed E-state index contributed by atoms with van der Waals surface area (Å²) in [5.41, 5.74) is 14.9. The molecule has 0 spiro atoms. The number of ether oxygens (including phenoxy) is 1. The number of aryl methyl sites for hydroxylation is 2. The van der Waals surface area contributed by atoms with Crippen molar-refractivity contribution >= 4 is 16.9 Å². The predicted octanol–water partition coefficient (Wildman–Crippen LogP) is 1.79. The molecule has 2 rings (SSSR count). The second-order valence-corrected chi connectivity index (χ2v) is 10.9. The maximum Gasteiger partial charge on any atom is 0.226 e. The Hall–Kier alpha value is -2.56. The van der Waals surface area contributed by atoms with Gasteiger partial charge in [-0.1, -0.05) is 0 Å². The number of rotatable bonds is 10. The van der Waals surface area contributed by atoms with Crippen LogP contribution in [-0.4, -0.2) is 78.2 Å². The first-order valence-corrected chi connectivity index (χ1v) is 13.0. The van der Waals surface area contributed by atoms with E-state index < -0.39 is 11.0 Å². The van der Waals surface area contributed by atoms with Gasteiger partial charge >= 0.3 is 0 Å². The highest BCUT2D eigenvalue weighted by Crippen LogP contribution is 2.25. The first-order chi connectivity index (χ1) is 16.4. The fraction of sp³-hybridized carbons (Fsp3) is 0.560. The molecule has 1 fully saturated rings. The Morgan fingerprint density at radius 2 is 1.77 bits per heavy atom. The molecular formula is C25H42N6O3S. The summed E-state index contributed by atoms with van der Waals surface area (Å²) >= 11 is 0. The van der Waals surface area contributed by atoms with Crippen molar-refractivity contribution < 1.29 is 13.7 Å². The third-order valence-corrected chi connectivity index (χ3v) is 8.15. The van der Waals surface area contributed by atoms with Gasteiger partial charge < -0.3 is 31.3 Å². The number of methoxy groups -OCH3 is 1. The highest BCUT2D eigenvalue weighted by Gasteiger charge is 2.21. The Morgan fingerprint density at radius 3 is 2.29 bits per heavy atom. The maximum atomic E-state index is 13.1. The minimum atomic E-state index is -1.40. The Morgan fingerprint density at radius 1 is 1.20 bits per heavy atom. The largest absolute Gasteiger partial charge is 0.497 e. The van der Waals surface area contributed by atoms with E-state index in [1.54, 1.807) is 18.5 Å². The summed E-state index contributed by atoms with van der Waals surface area (Å²) in [7, 11) is 6.15. The summed E-state index contributed by atoms with van der Waals surface area (Å²) in [6, 6.07) is 4.29. The van der Waals surface area contributed by atoms with Crippen LogP contribution in [0.2, 0.25) is 0 Å². The molecule has 10 heteroatoms. The third-order valence-electron chi connectivity index (χ3n) is 6.40. The van der Waals surface area contributed by atoms with E-state index in [9.17, 15) is 9.00 Å². The number of benzene rings is 1. The van der Waals surface area contributed by atoms with Crippen LogP contribution in [-0.2, 0) is 15.8 Å². The van der Waals surface area contributed by atoms with Crippen LogP contribution in [0.1, 0.15) is 37.3 Å². The molecule has 1 aromatic carbocycles. The van der Waals surface area contributed by atoms with Gasteiger partial charge in [-0.05, 0) is 82.6 Å². The summed E-state index contributed by atoms with van der Waals surface area (Å²) in [6.45, 7) is 7.73. The van der Waals surface area contributed by atoms with Crippen molar-refractivity contribution in [2.75, 3.05) is 47.9 Å². The number of likely N-dealkylation sites (tertiary alicyclic amines) is 1. The topological polar surface area (TPSA) is 117 Å². The Labute approximate surface area is 212 Å². The number of carbonyl (C=O) groups is 1. The quantitative estimate of drug-likeness (QED) is 0.414. The van der Waals surface area contributed by atoms with Crippen LogP contribution in [0.3, 0.4) is 0 Å². The molecule has 0 aromatic heterocycles. The van der Waals surface area contributed by atoms with Gasteiger partial charge in [-0.3, -0.25) is 4.79 Å². The standard InChI is InChI=1S/C25H42N6O3S/c1-17-14-21(34-7)15-18(2)24(17)35(33)30(6)11-10-23(32)28-25(27)19(3)16-22(26)31-12-8-20(9-13-31)29(4)5/h14-16,20H,8-13,26-27H2,1-7H3,(H,28,32)/b22-16+,25-19+. The molecular weight excluding hydrogens is 464 g/mol. The van der Waals surface area contributed by atoms with E-state index in [0.717, 1.165) is 47.7 Å². The smallest absolute Gasteiger partial charge is 0.226 e. The van der Waals surface area contributed by atoms with E-state index in [0.29, 0.717) is 24.0 Å². The molecule has 9 nitrogen and oxygen atoms in total. The van der Waals surface area contributed by atoms with Gasteiger partial charge in [0, 0.05) is 39.1 Å². The molecule has 1 aliphatic heterocycles. The molecule has 1 saturated heterocycles. The molecule has 0 aliphatic carbocycles. The fourth-order valence-electron chi connectivity index (χ4n) is 4.14. The SMILES string of the molecule is COc1cc(C)c(S(=O)N(C)CCC(=O)N/C(N)=C(C)/C=C(\N)N2CCC(N(C)C)CC2)c(C)c1. The molecule has 0 radical (unpaired) electrons. The normalized spacial score (nSPS) is 16.9. The van der Waals surface area contributed by atoms with Crippen molar-refractivity contribution in [1.82, 2.24) is 19.4 Å². The maximum absolute atomic E-state index is 13.1. The predicted molar refractivity (Wildman–Crippen MR) is 142 cm³/mol. The molecule has 1 heterocycles. The van der Waals surface area contributed by atoms with Crippen molar-refractivity contribution in [2.24, 2.45) is 11.5 Å². The number of carbonyl (C=O) groups excluding carboxylic acids is 1. The molecule has 1 amide bonds. The highest BCUT2D eigenvalue weighted by molar-refractivity contribution is 7.82. The van der Waals surface area contributed by atoms with Crippen LogP contribution < -0.4 is 21.5 Å². The Kier molecular flexibility index (Phi) is 10.6. The summed E-state index contributed by atoms with van der Waals surface area (Å²) in [5, 5.41) is 2.73. The lowest BCUT2D eigenvalue weighted by Crippen LogP contribution is -2.43.